The maximum Gasteiger partial charge on any atom is -0.0203 e. The van der Waals surface area contributed by atoms with Crippen LogP contribution in [0, 0.1) is 29.6 Å². The average molecular weight is 224 g/mol. The Balaban J connectivity index is 4.42. The van der Waals surface area contributed by atoms with Gasteiger partial charge in [0.1, 0.15) is 0 Å². The van der Waals surface area contributed by atoms with E-state index in [4.69, 9.17) is 0 Å². The third-order valence-electron chi connectivity index (χ3n) is 4.61. The molecule has 0 fully saturated rings. The first-order chi connectivity index (χ1) is 7.32. The van der Waals surface area contributed by atoms with Crippen LogP contribution in [-0.2, 0) is 0 Å². The predicted molar refractivity (Wildman–Crippen MR) is 75.5 cm³/mol. The van der Waals surface area contributed by atoms with E-state index in [-0.39, 0.29) is 0 Å². The summed E-state index contributed by atoms with van der Waals surface area (Å²) in [7, 11) is 0. The maximum atomic E-state index is 4.34. The van der Waals surface area contributed by atoms with E-state index in [1.165, 1.54) is 18.4 Å². The van der Waals surface area contributed by atoms with E-state index < -0.39 is 0 Å². The van der Waals surface area contributed by atoms with Crippen molar-refractivity contribution in [1.82, 2.24) is 0 Å². The van der Waals surface area contributed by atoms with Crippen molar-refractivity contribution in [3.63, 3.8) is 0 Å². The van der Waals surface area contributed by atoms with Gasteiger partial charge < -0.3 is 0 Å². The Morgan fingerprint density at radius 1 is 0.938 bits per heavy atom. The zero-order valence-corrected chi connectivity index (χ0v) is 12.5. The van der Waals surface area contributed by atoms with Gasteiger partial charge in [0, 0.05) is 0 Å². The van der Waals surface area contributed by atoms with Crippen molar-refractivity contribution in [2.24, 2.45) is 29.6 Å². The van der Waals surface area contributed by atoms with Crippen LogP contribution >= 0.6 is 0 Å². The highest BCUT2D eigenvalue weighted by atomic mass is 14.3. The van der Waals surface area contributed by atoms with E-state index >= 15 is 0 Å². The molecule has 0 aliphatic carbocycles. The molecule has 0 N–H and O–H groups in total. The third-order valence-corrected chi connectivity index (χ3v) is 4.61. The largest absolute Gasteiger partial charge is 0.0993 e. The molecule has 4 atom stereocenters. The molecular formula is C16H32. The second-order valence-corrected chi connectivity index (χ2v) is 6.02. The Labute approximate surface area is 104 Å². The fourth-order valence-electron chi connectivity index (χ4n) is 2.47. The average Bonchev–Trinajstić information content (AvgIpc) is 2.25. The lowest BCUT2D eigenvalue weighted by Gasteiger charge is -2.32. The topological polar surface area (TPSA) is 0 Å². The molecule has 0 saturated heterocycles. The van der Waals surface area contributed by atoms with Gasteiger partial charge in [0.25, 0.3) is 0 Å². The quantitative estimate of drug-likeness (QED) is 0.498. The van der Waals surface area contributed by atoms with Gasteiger partial charge >= 0.3 is 0 Å². The minimum atomic E-state index is 0.652. The van der Waals surface area contributed by atoms with Crippen molar-refractivity contribution in [2.45, 2.75) is 61.3 Å². The molecule has 0 radical (unpaired) electrons. The molecule has 0 spiro atoms. The molecule has 16 heavy (non-hydrogen) atoms. The Hall–Kier alpha value is -0.260. The van der Waals surface area contributed by atoms with Crippen molar-refractivity contribution < 1.29 is 0 Å². The van der Waals surface area contributed by atoms with E-state index in [2.05, 4.69) is 55.0 Å². The lowest BCUT2D eigenvalue weighted by Crippen LogP contribution is -2.23. The summed E-state index contributed by atoms with van der Waals surface area (Å²) in [5.41, 5.74) is 1.46. The molecule has 0 aromatic carbocycles. The van der Waals surface area contributed by atoms with Gasteiger partial charge in [0.05, 0.1) is 0 Å². The highest BCUT2D eigenvalue weighted by Crippen LogP contribution is 2.34. The summed E-state index contributed by atoms with van der Waals surface area (Å²) in [6, 6.07) is 0. The zero-order chi connectivity index (χ0) is 12.9. The van der Waals surface area contributed by atoms with Gasteiger partial charge in [-0.1, -0.05) is 67.0 Å². The first-order valence-corrected chi connectivity index (χ1v) is 7.01. The van der Waals surface area contributed by atoms with Crippen LogP contribution in [0.2, 0.25) is 0 Å². The van der Waals surface area contributed by atoms with Gasteiger partial charge in [-0.2, -0.15) is 0 Å². The summed E-state index contributed by atoms with van der Waals surface area (Å²) in [6.07, 6.45) is 2.55. The second-order valence-electron chi connectivity index (χ2n) is 6.02. The monoisotopic (exact) mass is 224 g/mol. The number of allylic oxidation sites excluding steroid dienone is 1. The first-order valence-electron chi connectivity index (χ1n) is 7.01. The molecule has 0 rings (SSSR count). The van der Waals surface area contributed by atoms with E-state index in [9.17, 15) is 0 Å². The molecule has 4 unspecified atom stereocenters. The molecule has 0 amide bonds. The molecule has 96 valence electrons. The van der Waals surface area contributed by atoms with Crippen LogP contribution in [-0.4, -0.2) is 0 Å². The predicted octanol–water partition coefficient (Wildman–Crippen LogP) is 5.54. The van der Waals surface area contributed by atoms with Gasteiger partial charge in [0.2, 0.25) is 0 Å². The van der Waals surface area contributed by atoms with Crippen molar-refractivity contribution in [3.8, 4) is 0 Å². The van der Waals surface area contributed by atoms with E-state index in [0.717, 1.165) is 17.8 Å². The number of rotatable bonds is 7. The second kappa shape index (κ2) is 7.14. The van der Waals surface area contributed by atoms with Crippen molar-refractivity contribution in [1.29, 1.82) is 0 Å². The fraction of sp³-hybridized carbons (Fsp3) is 0.875. The number of hydrogen-bond donors (Lipinski definition) is 0. The first kappa shape index (κ1) is 15.7. The maximum absolute atomic E-state index is 4.34. The SMILES string of the molecule is C=C(C(C)CCC)C(C)C(C)C(C)C(C)C. The van der Waals surface area contributed by atoms with Gasteiger partial charge in [0.15, 0.2) is 0 Å². The summed E-state index contributed by atoms with van der Waals surface area (Å²) in [6.45, 7) is 20.7. The summed E-state index contributed by atoms with van der Waals surface area (Å²) in [4.78, 5) is 0. The van der Waals surface area contributed by atoms with Crippen LogP contribution < -0.4 is 0 Å². The minimum absolute atomic E-state index is 0.652. The van der Waals surface area contributed by atoms with Gasteiger partial charge in [-0.25, -0.2) is 0 Å². The molecule has 0 nitrogen and oxygen atoms in total. The van der Waals surface area contributed by atoms with E-state index in [1.54, 1.807) is 0 Å². The van der Waals surface area contributed by atoms with Crippen LogP contribution in [0.15, 0.2) is 12.2 Å². The van der Waals surface area contributed by atoms with Crippen molar-refractivity contribution >= 4 is 0 Å². The summed E-state index contributed by atoms with van der Waals surface area (Å²) < 4.78 is 0. The molecule has 0 aliphatic rings. The molecule has 0 heterocycles. The van der Waals surface area contributed by atoms with Gasteiger partial charge in [-0.3, -0.25) is 0 Å². The molecule has 0 aromatic rings. The Morgan fingerprint density at radius 2 is 1.44 bits per heavy atom. The zero-order valence-electron chi connectivity index (χ0n) is 12.5. The lowest BCUT2D eigenvalue weighted by atomic mass is 9.73. The number of hydrogen-bond acceptors (Lipinski definition) is 0. The fourth-order valence-corrected chi connectivity index (χ4v) is 2.47. The Morgan fingerprint density at radius 3 is 1.81 bits per heavy atom. The standard InChI is InChI=1S/C16H32/c1-9-10-12(4)14(6)16(8)15(7)13(5)11(2)3/h11-13,15-16H,6,9-10H2,1-5,7-8H3. The van der Waals surface area contributed by atoms with E-state index in [1.807, 2.05) is 0 Å². The lowest BCUT2D eigenvalue weighted by molar-refractivity contribution is 0.235. The molecular weight excluding hydrogens is 192 g/mol. The smallest absolute Gasteiger partial charge is 0.0203 e. The summed E-state index contributed by atoms with van der Waals surface area (Å²) >= 11 is 0. The summed E-state index contributed by atoms with van der Waals surface area (Å²) in [5, 5.41) is 0. The normalized spacial score (nSPS) is 19.2. The van der Waals surface area contributed by atoms with Gasteiger partial charge in [-0.15, -0.1) is 0 Å². The molecule has 0 aromatic heterocycles. The van der Waals surface area contributed by atoms with Crippen molar-refractivity contribution in [2.75, 3.05) is 0 Å². The van der Waals surface area contributed by atoms with Crippen LogP contribution in [0.3, 0.4) is 0 Å². The van der Waals surface area contributed by atoms with Crippen molar-refractivity contribution in [3.05, 3.63) is 12.2 Å². The van der Waals surface area contributed by atoms with Crippen LogP contribution in [0.5, 0.6) is 0 Å². The molecule has 0 bridgehead atoms. The molecule has 0 heteroatoms. The van der Waals surface area contributed by atoms with Crippen LogP contribution in [0.25, 0.3) is 0 Å². The van der Waals surface area contributed by atoms with Crippen LogP contribution in [0.1, 0.15) is 61.3 Å². The minimum Gasteiger partial charge on any atom is -0.0993 e. The third kappa shape index (κ3) is 4.31. The molecule has 0 aliphatic heterocycles. The summed E-state index contributed by atoms with van der Waals surface area (Å²) in [5.74, 6) is 3.62. The van der Waals surface area contributed by atoms with Crippen LogP contribution in [0.4, 0.5) is 0 Å². The highest BCUT2D eigenvalue weighted by molar-refractivity contribution is 5.05. The van der Waals surface area contributed by atoms with Gasteiger partial charge in [-0.05, 0) is 36.0 Å². The Kier molecular flexibility index (Phi) is 7.03. The van der Waals surface area contributed by atoms with E-state index in [0.29, 0.717) is 11.8 Å². The molecule has 0 saturated carbocycles. The highest BCUT2D eigenvalue weighted by Gasteiger charge is 2.25. The Bertz CT molecular complexity index is 202.